The number of hydrogen-bond donors (Lipinski definition) is 3. The molecular weight excluding hydrogens is 481 g/mol. The molecule has 2 heterocycles. The molecule has 0 aliphatic heterocycles. The van der Waals surface area contributed by atoms with Crippen molar-refractivity contribution in [2.45, 2.75) is 40.2 Å². The molecule has 1 fully saturated rings. The summed E-state index contributed by atoms with van der Waals surface area (Å²) < 4.78 is 1.84. The molecule has 8 nitrogen and oxygen atoms in total. The number of guanidine groups is 1. The second kappa shape index (κ2) is 11.1. The molecule has 3 N–H and O–H groups in total. The van der Waals surface area contributed by atoms with Crippen LogP contribution in [0.15, 0.2) is 29.4 Å². The molecule has 0 aromatic carbocycles. The standard InChI is InChI=1S/C20H29N7O.HI/c1-4-21-20(23-10-9-22-19(28)17-6-7-17)25-13-16-5-8-18(24-12-16)27-15(3)11-14(2)26-27;/h5,8,11-12,17H,4,6-7,9-10,13H2,1-3H3,(H,22,28)(H2,21,23,25);1H. The highest BCUT2D eigenvalue weighted by atomic mass is 127. The third kappa shape index (κ3) is 6.98. The third-order valence-corrected chi connectivity index (χ3v) is 4.46. The minimum Gasteiger partial charge on any atom is -0.357 e. The van der Waals surface area contributed by atoms with Crippen LogP contribution in [0.5, 0.6) is 0 Å². The summed E-state index contributed by atoms with van der Waals surface area (Å²) in [6.45, 7) is 8.54. The van der Waals surface area contributed by atoms with Gasteiger partial charge in [0.15, 0.2) is 11.8 Å². The molecule has 0 unspecified atom stereocenters. The Balaban J connectivity index is 0.00000300. The van der Waals surface area contributed by atoms with Gasteiger partial charge in [-0.05, 0) is 51.3 Å². The maximum absolute atomic E-state index is 11.6. The molecule has 158 valence electrons. The van der Waals surface area contributed by atoms with Crippen LogP contribution in [-0.4, -0.2) is 46.3 Å². The van der Waals surface area contributed by atoms with Crippen molar-refractivity contribution in [2.24, 2.45) is 10.9 Å². The lowest BCUT2D eigenvalue weighted by atomic mass is 10.3. The van der Waals surface area contributed by atoms with Crippen molar-refractivity contribution in [1.29, 1.82) is 0 Å². The van der Waals surface area contributed by atoms with E-state index in [1.165, 1.54) is 0 Å². The van der Waals surface area contributed by atoms with Gasteiger partial charge in [0.25, 0.3) is 0 Å². The molecule has 0 saturated heterocycles. The highest BCUT2D eigenvalue weighted by Gasteiger charge is 2.28. The number of aliphatic imine (C=N–C) groups is 1. The van der Waals surface area contributed by atoms with Gasteiger partial charge >= 0.3 is 0 Å². The minimum absolute atomic E-state index is 0. The second-order valence-electron chi connectivity index (χ2n) is 7.05. The number of halogens is 1. The first-order chi connectivity index (χ1) is 13.6. The fraction of sp³-hybridized carbons (Fsp3) is 0.500. The number of hydrogen-bond acceptors (Lipinski definition) is 4. The van der Waals surface area contributed by atoms with E-state index in [0.29, 0.717) is 19.6 Å². The number of aromatic nitrogens is 3. The van der Waals surface area contributed by atoms with Crippen molar-refractivity contribution >= 4 is 35.8 Å². The van der Waals surface area contributed by atoms with E-state index in [1.807, 2.05) is 49.8 Å². The molecule has 1 aliphatic rings. The molecule has 29 heavy (non-hydrogen) atoms. The Morgan fingerprint density at radius 2 is 1.97 bits per heavy atom. The Morgan fingerprint density at radius 3 is 2.55 bits per heavy atom. The van der Waals surface area contributed by atoms with Crippen LogP contribution >= 0.6 is 24.0 Å². The number of rotatable bonds is 8. The van der Waals surface area contributed by atoms with Crippen LogP contribution in [0.3, 0.4) is 0 Å². The number of carbonyl (C=O) groups excluding carboxylic acids is 1. The smallest absolute Gasteiger partial charge is 0.223 e. The summed E-state index contributed by atoms with van der Waals surface area (Å²) in [5, 5.41) is 13.9. The number of carbonyl (C=O) groups is 1. The maximum Gasteiger partial charge on any atom is 0.223 e. The van der Waals surface area contributed by atoms with Crippen molar-refractivity contribution in [2.75, 3.05) is 19.6 Å². The average Bonchev–Trinajstić information content (AvgIpc) is 3.48. The summed E-state index contributed by atoms with van der Waals surface area (Å²) in [6, 6.07) is 6.00. The normalized spacial score (nSPS) is 13.6. The summed E-state index contributed by atoms with van der Waals surface area (Å²) in [5.74, 6) is 1.94. The lowest BCUT2D eigenvalue weighted by molar-refractivity contribution is -0.122. The summed E-state index contributed by atoms with van der Waals surface area (Å²) in [5.41, 5.74) is 3.05. The van der Waals surface area contributed by atoms with Gasteiger partial charge in [-0.1, -0.05) is 6.07 Å². The van der Waals surface area contributed by atoms with Crippen molar-refractivity contribution < 1.29 is 4.79 Å². The van der Waals surface area contributed by atoms with Gasteiger partial charge < -0.3 is 16.0 Å². The zero-order chi connectivity index (χ0) is 19.9. The monoisotopic (exact) mass is 511 g/mol. The van der Waals surface area contributed by atoms with Crippen molar-refractivity contribution in [3.8, 4) is 5.82 Å². The van der Waals surface area contributed by atoms with E-state index in [1.54, 1.807) is 0 Å². The number of aryl methyl sites for hydroxylation is 2. The van der Waals surface area contributed by atoms with Gasteiger partial charge in [0, 0.05) is 37.4 Å². The Hall–Kier alpha value is -2.17. The Kier molecular flexibility index (Phi) is 8.87. The molecule has 9 heteroatoms. The lowest BCUT2D eigenvalue weighted by Crippen LogP contribution is -2.41. The van der Waals surface area contributed by atoms with Gasteiger partial charge in [-0.3, -0.25) is 4.79 Å². The summed E-state index contributed by atoms with van der Waals surface area (Å²) in [4.78, 5) is 20.7. The number of nitrogens with zero attached hydrogens (tertiary/aromatic N) is 4. The zero-order valence-electron chi connectivity index (χ0n) is 17.2. The Labute approximate surface area is 189 Å². The fourth-order valence-electron chi connectivity index (χ4n) is 2.86. The first-order valence-corrected chi connectivity index (χ1v) is 9.85. The van der Waals surface area contributed by atoms with E-state index >= 15 is 0 Å². The van der Waals surface area contributed by atoms with E-state index in [-0.39, 0.29) is 35.8 Å². The maximum atomic E-state index is 11.6. The summed E-state index contributed by atoms with van der Waals surface area (Å²) >= 11 is 0. The number of amides is 1. The Bertz CT molecular complexity index is 828. The highest BCUT2D eigenvalue weighted by Crippen LogP contribution is 2.28. The fourth-order valence-corrected chi connectivity index (χ4v) is 2.86. The van der Waals surface area contributed by atoms with Gasteiger partial charge in [-0.15, -0.1) is 24.0 Å². The van der Waals surface area contributed by atoms with Crippen molar-refractivity contribution in [3.63, 3.8) is 0 Å². The van der Waals surface area contributed by atoms with Crippen LogP contribution in [0.25, 0.3) is 5.82 Å². The van der Waals surface area contributed by atoms with Gasteiger partial charge in [0.05, 0.1) is 12.2 Å². The molecule has 2 aromatic heterocycles. The third-order valence-electron chi connectivity index (χ3n) is 4.46. The molecule has 1 saturated carbocycles. The predicted octanol–water partition coefficient (Wildman–Crippen LogP) is 2.08. The van der Waals surface area contributed by atoms with Gasteiger partial charge in [0.2, 0.25) is 5.91 Å². The predicted molar refractivity (Wildman–Crippen MR) is 125 cm³/mol. The highest BCUT2D eigenvalue weighted by molar-refractivity contribution is 14.0. The summed E-state index contributed by atoms with van der Waals surface area (Å²) in [7, 11) is 0. The van der Waals surface area contributed by atoms with E-state index in [4.69, 9.17) is 0 Å². The molecule has 1 aliphatic carbocycles. The molecule has 1 amide bonds. The van der Waals surface area contributed by atoms with Gasteiger partial charge in [0.1, 0.15) is 0 Å². The van der Waals surface area contributed by atoms with Gasteiger partial charge in [-0.25, -0.2) is 14.7 Å². The molecular formula is C20H30IN7O. The van der Waals surface area contributed by atoms with Crippen molar-refractivity contribution in [3.05, 3.63) is 41.3 Å². The quantitative estimate of drug-likeness (QED) is 0.218. The van der Waals surface area contributed by atoms with Crippen molar-refractivity contribution in [1.82, 2.24) is 30.7 Å². The van der Waals surface area contributed by atoms with Crippen LogP contribution in [-0.2, 0) is 11.3 Å². The zero-order valence-corrected chi connectivity index (χ0v) is 19.6. The average molecular weight is 511 g/mol. The summed E-state index contributed by atoms with van der Waals surface area (Å²) in [6.07, 6.45) is 3.88. The van der Waals surface area contributed by atoms with Crippen LogP contribution in [0.1, 0.15) is 36.7 Å². The van der Waals surface area contributed by atoms with Crippen LogP contribution in [0, 0.1) is 19.8 Å². The second-order valence-corrected chi connectivity index (χ2v) is 7.05. The van der Waals surface area contributed by atoms with Crippen LogP contribution in [0.4, 0.5) is 0 Å². The van der Waals surface area contributed by atoms with E-state index in [9.17, 15) is 4.79 Å². The molecule has 3 rings (SSSR count). The van der Waals surface area contributed by atoms with Gasteiger partial charge in [-0.2, -0.15) is 5.10 Å². The molecule has 0 bridgehead atoms. The number of pyridine rings is 1. The first kappa shape index (κ1) is 23.1. The lowest BCUT2D eigenvalue weighted by Gasteiger charge is -2.12. The number of nitrogens with one attached hydrogen (secondary N) is 3. The SMILES string of the molecule is CCNC(=NCc1ccc(-n2nc(C)cc2C)nc1)NCCNC(=O)C1CC1.I. The van der Waals surface area contributed by atoms with E-state index < -0.39 is 0 Å². The Morgan fingerprint density at radius 1 is 1.21 bits per heavy atom. The molecule has 2 aromatic rings. The molecule has 0 radical (unpaired) electrons. The molecule has 0 atom stereocenters. The first-order valence-electron chi connectivity index (χ1n) is 9.85. The van der Waals surface area contributed by atoms with Crippen LogP contribution < -0.4 is 16.0 Å². The molecule has 0 spiro atoms. The topological polar surface area (TPSA) is 96.2 Å². The van der Waals surface area contributed by atoms with E-state index in [2.05, 4.69) is 31.0 Å². The van der Waals surface area contributed by atoms with E-state index in [0.717, 1.165) is 48.1 Å². The van der Waals surface area contributed by atoms with Crippen LogP contribution in [0.2, 0.25) is 0 Å². The minimum atomic E-state index is 0. The largest absolute Gasteiger partial charge is 0.357 e.